The molecule has 0 saturated carbocycles. The van der Waals surface area contributed by atoms with Gasteiger partial charge in [0.05, 0.1) is 37.6 Å². The van der Waals surface area contributed by atoms with E-state index in [4.69, 9.17) is 18.9 Å². The van der Waals surface area contributed by atoms with Gasteiger partial charge in [0.25, 0.3) is 0 Å². The Labute approximate surface area is 504 Å². The Morgan fingerprint density at radius 1 is 0.298 bits per heavy atom. The van der Waals surface area contributed by atoms with Crippen molar-refractivity contribution < 1.29 is 18.9 Å². The van der Waals surface area contributed by atoms with E-state index in [2.05, 4.69) is 225 Å². The lowest BCUT2D eigenvalue weighted by molar-refractivity contribution is 0.228. The van der Waals surface area contributed by atoms with Crippen LogP contribution in [0, 0.1) is 47.4 Å². The maximum absolute atomic E-state index is 6.89. The highest BCUT2D eigenvalue weighted by Gasteiger charge is 2.21. The quantitative estimate of drug-likeness (QED) is 0.0255. The van der Waals surface area contributed by atoms with Gasteiger partial charge in [-0.3, -0.25) is 0 Å². The summed E-state index contributed by atoms with van der Waals surface area (Å²) in [6.45, 7) is 20.8. The van der Waals surface area contributed by atoms with Crippen LogP contribution in [-0.2, 0) is 0 Å². The van der Waals surface area contributed by atoms with Crippen molar-refractivity contribution in [2.45, 2.75) is 158 Å². The molecule has 9 aromatic carbocycles. The lowest BCUT2D eigenvalue weighted by Gasteiger charge is -2.21. The van der Waals surface area contributed by atoms with Crippen LogP contribution in [0.15, 0.2) is 146 Å². The smallest absolute Gasteiger partial charge is 0.135 e. The molecule has 0 aliphatic heterocycles. The summed E-state index contributed by atoms with van der Waals surface area (Å²) in [5.41, 5.74) is 7.96. The van der Waals surface area contributed by atoms with Crippen molar-refractivity contribution in [3.8, 4) is 68.9 Å². The van der Waals surface area contributed by atoms with Gasteiger partial charge in [0.2, 0.25) is 0 Å². The van der Waals surface area contributed by atoms with E-state index in [-0.39, 0.29) is 0 Å². The van der Waals surface area contributed by atoms with E-state index in [1.54, 1.807) is 0 Å². The molecule has 4 heteroatoms. The topological polar surface area (TPSA) is 36.9 Å². The first-order chi connectivity index (χ1) is 41.3. The van der Waals surface area contributed by atoms with E-state index in [0.29, 0.717) is 50.1 Å². The lowest BCUT2D eigenvalue weighted by atomic mass is 9.87. The third kappa shape index (κ3) is 14.9. The van der Waals surface area contributed by atoms with Gasteiger partial charge in [-0.1, -0.05) is 265 Å². The predicted molar refractivity (Wildman–Crippen MR) is 359 cm³/mol. The Bertz CT molecular complexity index is 3400. The minimum Gasteiger partial charge on any atom is -0.493 e. The molecule has 9 aromatic rings. The highest BCUT2D eigenvalue weighted by molar-refractivity contribution is 6.33. The summed E-state index contributed by atoms with van der Waals surface area (Å²) in [6.07, 6.45) is 18.5. The van der Waals surface area contributed by atoms with Gasteiger partial charge in [0, 0.05) is 34.4 Å². The average molecular weight is 1120 g/mol. The van der Waals surface area contributed by atoms with Gasteiger partial charge in [0.15, 0.2) is 0 Å². The molecule has 0 saturated heterocycles. The zero-order valence-electron chi connectivity index (χ0n) is 51.9. The first kappa shape index (κ1) is 61.2. The normalized spacial score (nSPS) is 12.9. The van der Waals surface area contributed by atoms with Crippen molar-refractivity contribution in [3.05, 3.63) is 168 Å². The predicted octanol–water partition coefficient (Wildman–Crippen LogP) is 22.3. The van der Waals surface area contributed by atoms with Gasteiger partial charge in [-0.2, -0.15) is 0 Å². The molecule has 0 N–H and O–H groups in total. The fourth-order valence-electron chi connectivity index (χ4n) is 12.1. The van der Waals surface area contributed by atoms with E-state index >= 15 is 0 Å². The molecule has 0 spiro atoms. The second-order valence-electron chi connectivity index (χ2n) is 23.6. The van der Waals surface area contributed by atoms with Crippen LogP contribution in [0.1, 0.15) is 180 Å². The Kier molecular flexibility index (Phi) is 22.5. The van der Waals surface area contributed by atoms with Gasteiger partial charge < -0.3 is 18.9 Å². The third-order valence-electron chi connectivity index (χ3n) is 17.7. The molecule has 0 amide bonds. The number of hydrogen-bond acceptors (Lipinski definition) is 4. The summed E-state index contributed by atoms with van der Waals surface area (Å²) in [4.78, 5) is 0. The first-order valence-corrected chi connectivity index (χ1v) is 32.5. The van der Waals surface area contributed by atoms with Crippen LogP contribution in [0.4, 0.5) is 0 Å². The van der Waals surface area contributed by atoms with Gasteiger partial charge >= 0.3 is 0 Å². The number of fused-ring (bicyclic) bond motifs is 2. The van der Waals surface area contributed by atoms with Crippen LogP contribution < -0.4 is 18.9 Å². The van der Waals surface area contributed by atoms with E-state index < -0.39 is 0 Å². The summed E-state index contributed by atoms with van der Waals surface area (Å²) >= 11 is 0. The monoisotopic (exact) mass is 1120 g/mol. The van der Waals surface area contributed by atoms with Crippen molar-refractivity contribution in [2.75, 3.05) is 26.4 Å². The summed E-state index contributed by atoms with van der Waals surface area (Å²) in [5, 5.41) is 9.55. The molecule has 0 heterocycles. The SMILES string of the molecule is CCCCC(CC)COc1cc(-c2ccccc2)c(OCC(CC)CCCC)cc1C#Cc1ccc2c3ccc(C#Cc4cc(OCC(CC)CCCC)c(-c5ccccc5)cc4OCC(CC)CCCC)c4cccc(c5cccc1c52)c43. The Balaban J connectivity index is 1.13. The molecule has 4 unspecified atom stereocenters. The van der Waals surface area contributed by atoms with Crippen LogP contribution in [0.2, 0.25) is 0 Å². The fraction of sp³-hybridized carbons (Fsp3) is 0.400. The lowest BCUT2D eigenvalue weighted by Crippen LogP contribution is -2.13. The number of hydrogen-bond donors (Lipinski definition) is 0. The molecule has 4 nitrogen and oxygen atoms in total. The van der Waals surface area contributed by atoms with Gasteiger partial charge in [-0.15, -0.1) is 0 Å². The molecule has 4 atom stereocenters. The Morgan fingerprint density at radius 2 is 0.607 bits per heavy atom. The Hall–Kier alpha value is -7.40. The average Bonchev–Trinajstić information content (AvgIpc) is 1.36. The number of benzene rings is 9. The number of unbranched alkanes of at least 4 members (excludes halogenated alkanes) is 4. The minimum absolute atomic E-state index is 0.470. The molecule has 0 bridgehead atoms. The first-order valence-electron chi connectivity index (χ1n) is 32.5. The molecular weight excluding hydrogens is 1020 g/mol. The Morgan fingerprint density at radius 3 is 0.940 bits per heavy atom. The molecule has 0 fully saturated rings. The van der Waals surface area contributed by atoms with Crippen molar-refractivity contribution >= 4 is 43.1 Å². The van der Waals surface area contributed by atoms with Crippen molar-refractivity contribution in [3.63, 3.8) is 0 Å². The second-order valence-corrected chi connectivity index (χ2v) is 23.6. The molecule has 0 aromatic heterocycles. The van der Waals surface area contributed by atoms with Crippen LogP contribution in [0.5, 0.6) is 23.0 Å². The molecular formula is C80H92O4. The van der Waals surface area contributed by atoms with Gasteiger partial charge in [-0.05, 0) is 128 Å². The van der Waals surface area contributed by atoms with Crippen LogP contribution >= 0.6 is 0 Å². The molecule has 84 heavy (non-hydrogen) atoms. The molecule has 0 aliphatic carbocycles. The maximum atomic E-state index is 6.89. The van der Waals surface area contributed by atoms with E-state index in [1.165, 1.54) is 83.7 Å². The van der Waals surface area contributed by atoms with E-state index in [9.17, 15) is 0 Å². The zero-order chi connectivity index (χ0) is 58.6. The highest BCUT2D eigenvalue weighted by atomic mass is 16.5. The van der Waals surface area contributed by atoms with Crippen LogP contribution in [0.25, 0.3) is 65.3 Å². The summed E-state index contributed by atoms with van der Waals surface area (Å²) in [5.74, 6) is 20.0. The minimum atomic E-state index is 0.470. The van der Waals surface area contributed by atoms with Crippen molar-refractivity contribution in [1.29, 1.82) is 0 Å². The van der Waals surface area contributed by atoms with Crippen LogP contribution in [-0.4, -0.2) is 26.4 Å². The largest absolute Gasteiger partial charge is 0.493 e. The van der Waals surface area contributed by atoms with E-state index in [1.807, 2.05) is 0 Å². The summed E-state index contributed by atoms with van der Waals surface area (Å²) < 4.78 is 27.5. The van der Waals surface area contributed by atoms with Crippen molar-refractivity contribution in [2.24, 2.45) is 23.7 Å². The van der Waals surface area contributed by atoms with E-state index in [0.717, 1.165) is 130 Å². The maximum Gasteiger partial charge on any atom is 0.135 e. The van der Waals surface area contributed by atoms with Crippen molar-refractivity contribution in [1.82, 2.24) is 0 Å². The second kappa shape index (κ2) is 30.9. The van der Waals surface area contributed by atoms with Crippen LogP contribution in [0.3, 0.4) is 0 Å². The third-order valence-corrected chi connectivity index (χ3v) is 17.7. The zero-order valence-corrected chi connectivity index (χ0v) is 51.9. The van der Waals surface area contributed by atoms with Gasteiger partial charge in [-0.25, -0.2) is 0 Å². The van der Waals surface area contributed by atoms with Gasteiger partial charge in [0.1, 0.15) is 23.0 Å². The molecule has 436 valence electrons. The summed E-state index contributed by atoms with van der Waals surface area (Å²) in [7, 11) is 0. The standard InChI is InChI=1S/C80H92O4/c1-9-17-29-57(13-5)53-81-75-51-73(61-33-23-21-24-34-61)77(83-55-59(15-7)31-19-11-3)49-65(75)43-41-63-45-47-71-72-48-46-64(68-38-28-40-70(80(68)72)69-39-27-37-67(63)79(69)71)42-44-66-50-78(84-56-60(16-8)32-20-12-4)74(62-35-25-22-26-36-62)52-76(66)82-54-58(14-6)30-18-10-2/h21-28,33-40,45-52,57-60H,9-20,29-32,53-56H2,1-8H3. The number of rotatable bonds is 30. The highest BCUT2D eigenvalue weighted by Crippen LogP contribution is 2.43. The number of ether oxygens (including phenoxy) is 4. The fourth-order valence-corrected chi connectivity index (χ4v) is 12.1. The molecule has 0 radical (unpaired) electrons. The molecule has 9 rings (SSSR count). The summed E-state index contributed by atoms with van der Waals surface area (Å²) in [6, 6.07) is 52.3. The molecule has 0 aliphatic rings.